The van der Waals surface area contributed by atoms with Gasteiger partial charge in [0.05, 0.1) is 23.5 Å². The number of aliphatic hydroxyl groups is 1. The van der Waals surface area contributed by atoms with Crippen LogP contribution >= 0.6 is 11.8 Å². The summed E-state index contributed by atoms with van der Waals surface area (Å²) in [5.41, 5.74) is 0.491. The molecule has 0 spiro atoms. The van der Waals surface area contributed by atoms with Crippen molar-refractivity contribution in [2.45, 2.75) is 63.9 Å². The number of carbonyl (C=O) groups excluding carboxylic acids is 2. The lowest BCUT2D eigenvalue weighted by Crippen LogP contribution is -2.62. The van der Waals surface area contributed by atoms with Gasteiger partial charge in [-0.15, -0.1) is 0 Å². The lowest BCUT2D eigenvalue weighted by atomic mass is 9.92. The second-order valence-electron chi connectivity index (χ2n) is 9.85. The number of β-lactam (4-membered cyclic amide) rings is 1. The maximum Gasteiger partial charge on any atom is 0.514 e. The summed E-state index contributed by atoms with van der Waals surface area (Å²) in [4.78, 5) is 38.4. The Kier molecular flexibility index (Phi) is 7.51. The summed E-state index contributed by atoms with van der Waals surface area (Å²) in [6, 6.07) is 6.23. The zero-order chi connectivity index (χ0) is 25.4. The molecule has 1 saturated heterocycles. The van der Waals surface area contributed by atoms with E-state index in [4.69, 9.17) is 19.0 Å². The first-order valence-corrected chi connectivity index (χ1v) is 14.7. The fraction of sp³-hybridized carbons (Fsp3) is 0.522. The fourth-order valence-corrected chi connectivity index (χ4v) is 6.52. The van der Waals surface area contributed by atoms with E-state index in [-0.39, 0.29) is 46.6 Å². The van der Waals surface area contributed by atoms with Crippen LogP contribution in [-0.2, 0) is 25.4 Å². The number of carbonyl (C=O) groups is 3. The molecule has 3 rings (SSSR count). The molecule has 9 nitrogen and oxygen atoms in total. The second kappa shape index (κ2) is 9.72. The summed E-state index contributed by atoms with van der Waals surface area (Å²) in [5.74, 6) is -1.82. The Morgan fingerprint density at radius 3 is 2.35 bits per heavy atom. The lowest BCUT2D eigenvalue weighted by molar-refractivity contribution is -0.156. The maximum absolute atomic E-state index is 12.9. The molecular formula is C23H31NO8SSi. The number of hydrogen-bond acceptors (Lipinski definition) is 8. The summed E-state index contributed by atoms with van der Waals surface area (Å²) in [6.07, 6.45) is -1.37. The summed E-state index contributed by atoms with van der Waals surface area (Å²) < 4.78 is 16.6. The number of hydrogen-bond donors (Lipinski definition) is 2. The highest BCUT2D eigenvalue weighted by Gasteiger charge is 2.59. The number of fused-ring (bicyclic) bond motifs is 1. The first-order valence-electron chi connectivity index (χ1n) is 10.9. The predicted molar refractivity (Wildman–Crippen MR) is 128 cm³/mol. The van der Waals surface area contributed by atoms with Gasteiger partial charge in [0.1, 0.15) is 23.4 Å². The smallest absolute Gasteiger partial charge is 0.477 e. The molecule has 1 amide bonds. The number of aliphatic carboxylic acids is 1. The van der Waals surface area contributed by atoms with Gasteiger partial charge in [0.2, 0.25) is 5.91 Å². The summed E-state index contributed by atoms with van der Waals surface area (Å²) in [7, 11) is -2.13. The highest BCUT2D eigenvalue weighted by molar-refractivity contribution is 8.04. The number of amides is 1. The van der Waals surface area contributed by atoms with E-state index in [1.165, 1.54) is 28.8 Å². The quantitative estimate of drug-likeness (QED) is 0.232. The largest absolute Gasteiger partial charge is 0.514 e. The van der Waals surface area contributed by atoms with Crippen LogP contribution in [-0.4, -0.2) is 59.5 Å². The van der Waals surface area contributed by atoms with Gasteiger partial charge >= 0.3 is 12.1 Å². The third-order valence-electron chi connectivity index (χ3n) is 6.48. The van der Waals surface area contributed by atoms with Crippen molar-refractivity contribution >= 4 is 38.1 Å². The van der Waals surface area contributed by atoms with Crippen molar-refractivity contribution in [1.82, 2.24) is 4.90 Å². The Bertz CT molecular complexity index is 1000. The molecule has 34 heavy (non-hydrogen) atoms. The summed E-state index contributed by atoms with van der Waals surface area (Å²) >= 11 is 1.20. The van der Waals surface area contributed by atoms with Crippen LogP contribution in [0.5, 0.6) is 5.75 Å². The lowest BCUT2D eigenvalue weighted by Gasteiger charge is -2.48. The van der Waals surface area contributed by atoms with E-state index in [1.54, 1.807) is 12.1 Å². The van der Waals surface area contributed by atoms with E-state index >= 15 is 0 Å². The van der Waals surface area contributed by atoms with Crippen molar-refractivity contribution in [1.29, 1.82) is 0 Å². The van der Waals surface area contributed by atoms with E-state index in [1.807, 2.05) is 6.92 Å². The first-order chi connectivity index (χ1) is 15.8. The van der Waals surface area contributed by atoms with Crippen LogP contribution in [0, 0.1) is 5.92 Å². The van der Waals surface area contributed by atoms with Crippen LogP contribution in [0.1, 0.15) is 33.3 Å². The average molecular weight is 510 g/mol. The van der Waals surface area contributed by atoms with E-state index in [9.17, 15) is 19.5 Å². The van der Waals surface area contributed by atoms with Gasteiger partial charge in [-0.1, -0.05) is 44.7 Å². The normalized spacial score (nSPS) is 21.1. The van der Waals surface area contributed by atoms with Crippen LogP contribution in [0.15, 0.2) is 34.9 Å². The minimum atomic E-state index is -2.13. The molecular weight excluding hydrogens is 478 g/mol. The minimum Gasteiger partial charge on any atom is -0.477 e. The maximum atomic E-state index is 12.9. The summed E-state index contributed by atoms with van der Waals surface area (Å²) in [6.45, 7) is 12.0. The van der Waals surface area contributed by atoms with Crippen molar-refractivity contribution in [2.75, 3.05) is 6.61 Å². The van der Waals surface area contributed by atoms with E-state index in [2.05, 4.69) is 33.9 Å². The Balaban J connectivity index is 1.65. The molecule has 186 valence electrons. The third-order valence-corrected chi connectivity index (χ3v) is 12.4. The van der Waals surface area contributed by atoms with Crippen molar-refractivity contribution in [2.24, 2.45) is 5.92 Å². The molecule has 1 aromatic rings. The van der Waals surface area contributed by atoms with E-state index in [0.29, 0.717) is 5.56 Å². The Morgan fingerprint density at radius 2 is 1.82 bits per heavy atom. The molecule has 0 unspecified atom stereocenters. The van der Waals surface area contributed by atoms with Gasteiger partial charge in [-0.05, 0) is 42.8 Å². The zero-order valence-corrected chi connectivity index (χ0v) is 22.0. The highest BCUT2D eigenvalue weighted by atomic mass is 32.2. The van der Waals surface area contributed by atoms with Gasteiger partial charge in [0.25, 0.3) is 0 Å². The van der Waals surface area contributed by atoms with Crippen molar-refractivity contribution in [3.63, 3.8) is 0 Å². The number of thioether (sulfide) groups is 1. The Hall–Kier alpha value is -2.34. The monoisotopic (exact) mass is 509 g/mol. The zero-order valence-electron chi connectivity index (χ0n) is 20.2. The number of benzene rings is 1. The molecule has 0 aromatic heterocycles. The average Bonchev–Trinajstić information content (AvgIpc) is 3.06. The number of aliphatic hydroxyl groups excluding tert-OH is 1. The first kappa shape index (κ1) is 26.3. The number of ether oxygens (including phenoxy) is 2. The predicted octanol–water partition coefficient (Wildman–Crippen LogP) is 3.93. The summed E-state index contributed by atoms with van der Waals surface area (Å²) in [5, 5.41) is 18.3. The number of nitrogens with zero attached hydrogens (tertiary/aromatic N) is 1. The molecule has 2 aliphatic rings. The number of carboxylic acids is 1. The molecule has 3 atom stereocenters. The van der Waals surface area contributed by atoms with Crippen molar-refractivity contribution in [3.8, 4) is 5.75 Å². The molecule has 0 aliphatic carbocycles. The number of carboxylic acid groups (broad SMARTS) is 1. The minimum absolute atomic E-state index is 0.0290. The second-order valence-corrected chi connectivity index (χ2v) is 15.8. The number of rotatable bonds is 8. The Labute approximate surface area is 204 Å². The van der Waals surface area contributed by atoms with Gasteiger partial charge in [0, 0.05) is 0 Å². The van der Waals surface area contributed by atoms with Gasteiger partial charge in [0.15, 0.2) is 8.32 Å². The highest BCUT2D eigenvalue weighted by Crippen LogP contribution is 2.51. The topological polar surface area (TPSA) is 123 Å². The SMILES string of the molecule is C[C@@H](O[Si](C)(C)C(C)(C)C)[C@H]1C(=O)N2C(C(=O)O)=C(COC(=O)Oc3ccc(CO)cc3)S[C@H]12. The standard InChI is InChI=1S/C23H31NO8SSi/c1-13(32-34(5,6)23(2,3)4)17-19(26)24-18(21(27)28)16(33-20(17)24)12-30-22(29)31-15-9-7-14(11-25)8-10-15/h7-10,13,17,20,25H,11-12H2,1-6H3,(H,27,28)/t13-,17+,20-/m1/s1. The molecule has 0 saturated carbocycles. The molecule has 1 aromatic carbocycles. The van der Waals surface area contributed by atoms with Crippen LogP contribution in [0.2, 0.25) is 18.1 Å². The van der Waals surface area contributed by atoms with Crippen LogP contribution in [0.3, 0.4) is 0 Å². The van der Waals surface area contributed by atoms with Crippen LogP contribution in [0.4, 0.5) is 4.79 Å². The fourth-order valence-electron chi connectivity index (χ4n) is 3.57. The van der Waals surface area contributed by atoms with E-state index in [0.717, 1.165) is 0 Å². The molecule has 0 radical (unpaired) electrons. The molecule has 0 bridgehead atoms. The van der Waals surface area contributed by atoms with Crippen LogP contribution < -0.4 is 4.74 Å². The van der Waals surface area contributed by atoms with E-state index < -0.39 is 31.7 Å². The third kappa shape index (κ3) is 5.17. The molecule has 11 heteroatoms. The van der Waals surface area contributed by atoms with Gasteiger partial charge in [-0.3, -0.25) is 9.69 Å². The molecule has 2 heterocycles. The van der Waals surface area contributed by atoms with Crippen LogP contribution in [0.25, 0.3) is 0 Å². The van der Waals surface area contributed by atoms with Gasteiger partial charge < -0.3 is 24.1 Å². The molecule has 2 aliphatic heterocycles. The van der Waals surface area contributed by atoms with Gasteiger partial charge in [-0.2, -0.15) is 0 Å². The molecule has 2 N–H and O–H groups in total. The Morgan fingerprint density at radius 1 is 1.21 bits per heavy atom. The molecule has 1 fully saturated rings. The van der Waals surface area contributed by atoms with Crippen molar-refractivity contribution < 1.29 is 38.5 Å². The van der Waals surface area contributed by atoms with Crippen molar-refractivity contribution in [3.05, 3.63) is 40.4 Å². The van der Waals surface area contributed by atoms with Gasteiger partial charge in [-0.25, -0.2) is 9.59 Å².